The highest BCUT2D eigenvalue weighted by Crippen LogP contribution is 2.19. The molecule has 0 saturated carbocycles. The van der Waals surface area contributed by atoms with Crippen LogP contribution in [0, 0.1) is 0 Å². The van der Waals surface area contributed by atoms with Gasteiger partial charge >= 0.3 is 0 Å². The molecule has 0 aromatic heterocycles. The Hall–Kier alpha value is -2.10. The lowest BCUT2D eigenvalue weighted by Crippen LogP contribution is -2.33. The summed E-state index contributed by atoms with van der Waals surface area (Å²) in [5, 5.41) is 0. The number of rotatable bonds is 7. The van der Waals surface area contributed by atoms with Crippen LogP contribution >= 0.6 is 0 Å². The van der Waals surface area contributed by atoms with Crippen molar-refractivity contribution in [3.05, 3.63) is 83.6 Å². The lowest BCUT2D eigenvalue weighted by Gasteiger charge is -2.26. The van der Waals surface area contributed by atoms with Gasteiger partial charge in [-0.25, -0.2) is 0 Å². The van der Waals surface area contributed by atoms with Crippen LogP contribution in [-0.2, 0) is 22.6 Å². The van der Waals surface area contributed by atoms with Crippen molar-refractivity contribution >= 4 is 0 Å². The molecule has 0 fully saturated rings. The van der Waals surface area contributed by atoms with Gasteiger partial charge < -0.3 is 9.47 Å². The molecule has 0 aliphatic carbocycles. The standard InChI is InChI=1S/C20H23NO2/c1-22-19-12-13-23-20(19)16-21(14-17-8-4-2-5-9-17)15-18-10-6-3-7-11-18/h2-12,20H,13-16H2,1H3. The summed E-state index contributed by atoms with van der Waals surface area (Å²) in [5.41, 5.74) is 2.62. The van der Waals surface area contributed by atoms with Crippen molar-refractivity contribution in [2.75, 3.05) is 20.3 Å². The van der Waals surface area contributed by atoms with E-state index in [9.17, 15) is 0 Å². The molecule has 1 unspecified atom stereocenters. The molecule has 0 radical (unpaired) electrons. The van der Waals surface area contributed by atoms with E-state index in [-0.39, 0.29) is 6.10 Å². The summed E-state index contributed by atoms with van der Waals surface area (Å²) in [6.45, 7) is 3.25. The van der Waals surface area contributed by atoms with E-state index in [1.54, 1.807) is 7.11 Å². The average molecular weight is 309 g/mol. The number of methoxy groups -OCH3 is 1. The van der Waals surface area contributed by atoms with Gasteiger partial charge in [-0.05, 0) is 17.2 Å². The Kier molecular flexibility index (Phi) is 5.46. The van der Waals surface area contributed by atoms with Gasteiger partial charge in [-0.3, -0.25) is 4.90 Å². The summed E-state index contributed by atoms with van der Waals surface area (Å²) >= 11 is 0. The highest BCUT2D eigenvalue weighted by atomic mass is 16.5. The molecule has 0 amide bonds. The van der Waals surface area contributed by atoms with E-state index in [2.05, 4.69) is 65.6 Å². The van der Waals surface area contributed by atoms with Gasteiger partial charge in [0.2, 0.25) is 0 Å². The minimum Gasteiger partial charge on any atom is -0.499 e. The van der Waals surface area contributed by atoms with E-state index in [1.165, 1.54) is 11.1 Å². The minimum absolute atomic E-state index is 0.0208. The lowest BCUT2D eigenvalue weighted by atomic mass is 10.1. The number of ether oxygens (including phenoxy) is 2. The smallest absolute Gasteiger partial charge is 0.127 e. The topological polar surface area (TPSA) is 21.7 Å². The van der Waals surface area contributed by atoms with Gasteiger partial charge in [0.05, 0.1) is 13.7 Å². The monoisotopic (exact) mass is 309 g/mol. The van der Waals surface area contributed by atoms with Crippen molar-refractivity contribution in [2.45, 2.75) is 19.2 Å². The van der Waals surface area contributed by atoms with Crippen LogP contribution < -0.4 is 0 Å². The third kappa shape index (κ3) is 4.44. The molecule has 1 atom stereocenters. The van der Waals surface area contributed by atoms with Crippen LogP contribution in [0.4, 0.5) is 0 Å². The molecule has 2 aromatic carbocycles. The van der Waals surface area contributed by atoms with Crippen LogP contribution in [-0.4, -0.2) is 31.3 Å². The second kappa shape index (κ2) is 7.95. The quantitative estimate of drug-likeness (QED) is 0.780. The van der Waals surface area contributed by atoms with E-state index < -0.39 is 0 Å². The van der Waals surface area contributed by atoms with Crippen molar-refractivity contribution in [2.24, 2.45) is 0 Å². The number of hydrogen-bond acceptors (Lipinski definition) is 3. The average Bonchev–Trinajstić information content (AvgIpc) is 3.04. The number of benzene rings is 2. The van der Waals surface area contributed by atoms with Crippen LogP contribution in [0.15, 0.2) is 72.5 Å². The molecular weight excluding hydrogens is 286 g/mol. The van der Waals surface area contributed by atoms with Crippen LogP contribution in [0.3, 0.4) is 0 Å². The number of nitrogens with zero attached hydrogens (tertiary/aromatic N) is 1. The third-order valence-electron chi connectivity index (χ3n) is 4.06. The van der Waals surface area contributed by atoms with E-state index >= 15 is 0 Å². The first kappa shape index (κ1) is 15.8. The summed E-state index contributed by atoms with van der Waals surface area (Å²) in [6.07, 6.45) is 2.04. The maximum absolute atomic E-state index is 5.80. The molecule has 23 heavy (non-hydrogen) atoms. The molecule has 3 heteroatoms. The summed E-state index contributed by atoms with van der Waals surface area (Å²) in [4.78, 5) is 2.41. The summed E-state index contributed by atoms with van der Waals surface area (Å²) in [6, 6.07) is 21.1. The summed E-state index contributed by atoms with van der Waals surface area (Å²) in [7, 11) is 1.71. The second-order valence-electron chi connectivity index (χ2n) is 5.77. The molecular formula is C20H23NO2. The molecule has 0 saturated heterocycles. The zero-order chi connectivity index (χ0) is 15.9. The van der Waals surface area contributed by atoms with Gasteiger partial charge in [0.1, 0.15) is 11.9 Å². The molecule has 1 aliphatic rings. The molecule has 0 N–H and O–H groups in total. The van der Waals surface area contributed by atoms with Crippen LogP contribution in [0.5, 0.6) is 0 Å². The Bertz CT molecular complexity index is 583. The molecule has 0 spiro atoms. The van der Waals surface area contributed by atoms with Crippen molar-refractivity contribution in [1.29, 1.82) is 0 Å². The molecule has 0 bridgehead atoms. The Labute approximate surface area is 138 Å². The normalized spacial score (nSPS) is 17.3. The van der Waals surface area contributed by atoms with Gasteiger partial charge in [0.25, 0.3) is 0 Å². The van der Waals surface area contributed by atoms with E-state index in [0.29, 0.717) is 6.61 Å². The number of hydrogen-bond donors (Lipinski definition) is 0. The third-order valence-corrected chi connectivity index (χ3v) is 4.06. The Morgan fingerprint density at radius 3 is 2.04 bits per heavy atom. The Balaban J connectivity index is 1.71. The van der Waals surface area contributed by atoms with E-state index in [1.807, 2.05) is 6.08 Å². The Morgan fingerprint density at radius 2 is 1.52 bits per heavy atom. The SMILES string of the molecule is COC1=CCOC1CN(Cc1ccccc1)Cc1ccccc1. The predicted octanol–water partition coefficient (Wildman–Crippen LogP) is 3.62. The van der Waals surface area contributed by atoms with Crippen molar-refractivity contribution in [3.63, 3.8) is 0 Å². The first-order valence-electron chi connectivity index (χ1n) is 8.01. The second-order valence-corrected chi connectivity index (χ2v) is 5.77. The molecule has 3 rings (SSSR count). The lowest BCUT2D eigenvalue weighted by molar-refractivity contribution is 0.0494. The van der Waals surface area contributed by atoms with Gasteiger partial charge in [-0.2, -0.15) is 0 Å². The van der Waals surface area contributed by atoms with Crippen LogP contribution in [0.2, 0.25) is 0 Å². The molecule has 2 aromatic rings. The maximum Gasteiger partial charge on any atom is 0.127 e. The predicted molar refractivity (Wildman–Crippen MR) is 91.8 cm³/mol. The zero-order valence-corrected chi connectivity index (χ0v) is 13.5. The van der Waals surface area contributed by atoms with Gasteiger partial charge in [-0.15, -0.1) is 0 Å². The fourth-order valence-electron chi connectivity index (χ4n) is 2.92. The van der Waals surface area contributed by atoms with Gasteiger partial charge in [0, 0.05) is 19.6 Å². The highest BCUT2D eigenvalue weighted by molar-refractivity contribution is 5.17. The molecule has 120 valence electrons. The van der Waals surface area contributed by atoms with E-state index in [0.717, 1.165) is 25.4 Å². The zero-order valence-electron chi connectivity index (χ0n) is 13.5. The molecule has 3 nitrogen and oxygen atoms in total. The van der Waals surface area contributed by atoms with Gasteiger partial charge in [0.15, 0.2) is 0 Å². The molecule has 1 heterocycles. The summed E-state index contributed by atoms with van der Waals surface area (Å²) in [5.74, 6) is 0.941. The van der Waals surface area contributed by atoms with Crippen LogP contribution in [0.25, 0.3) is 0 Å². The first-order chi connectivity index (χ1) is 11.3. The van der Waals surface area contributed by atoms with Gasteiger partial charge in [-0.1, -0.05) is 60.7 Å². The van der Waals surface area contributed by atoms with Crippen molar-refractivity contribution in [1.82, 2.24) is 4.90 Å². The van der Waals surface area contributed by atoms with Crippen molar-refractivity contribution in [3.8, 4) is 0 Å². The highest BCUT2D eigenvalue weighted by Gasteiger charge is 2.24. The molecule has 1 aliphatic heterocycles. The fraction of sp³-hybridized carbons (Fsp3) is 0.300. The largest absolute Gasteiger partial charge is 0.499 e. The fourth-order valence-corrected chi connectivity index (χ4v) is 2.92. The maximum atomic E-state index is 5.80. The van der Waals surface area contributed by atoms with Crippen LogP contribution in [0.1, 0.15) is 11.1 Å². The summed E-state index contributed by atoms with van der Waals surface area (Å²) < 4.78 is 11.2. The van der Waals surface area contributed by atoms with E-state index in [4.69, 9.17) is 9.47 Å². The Morgan fingerprint density at radius 1 is 0.957 bits per heavy atom. The minimum atomic E-state index is 0.0208. The van der Waals surface area contributed by atoms with Crippen molar-refractivity contribution < 1.29 is 9.47 Å². The first-order valence-corrected chi connectivity index (χ1v) is 8.01.